The molecule has 0 aliphatic heterocycles. The molecule has 5 nitrogen and oxygen atoms in total. The molecule has 2 aromatic rings. The SMILES string of the molecule is COC[C@H](C)n1c(C)cc(C(=O)COC(=O)c2cc(C)cc(C)c2)c1C. The monoisotopic (exact) mass is 357 g/mol. The van der Waals surface area contributed by atoms with Gasteiger partial charge in [-0.2, -0.15) is 0 Å². The van der Waals surface area contributed by atoms with Crippen LogP contribution in [-0.2, 0) is 9.47 Å². The Morgan fingerprint density at radius 1 is 1.04 bits per heavy atom. The van der Waals surface area contributed by atoms with E-state index in [9.17, 15) is 9.59 Å². The van der Waals surface area contributed by atoms with Gasteiger partial charge in [-0.25, -0.2) is 4.79 Å². The van der Waals surface area contributed by atoms with Crippen LogP contribution < -0.4 is 0 Å². The number of rotatable bonds is 7. The Hall–Kier alpha value is -2.40. The molecule has 1 atom stereocenters. The summed E-state index contributed by atoms with van der Waals surface area (Å²) in [6, 6.07) is 7.47. The van der Waals surface area contributed by atoms with Crippen molar-refractivity contribution >= 4 is 11.8 Å². The van der Waals surface area contributed by atoms with Gasteiger partial charge in [-0.05, 0) is 52.8 Å². The van der Waals surface area contributed by atoms with E-state index in [0.717, 1.165) is 22.5 Å². The van der Waals surface area contributed by atoms with Crippen molar-refractivity contribution in [2.24, 2.45) is 0 Å². The van der Waals surface area contributed by atoms with Crippen LogP contribution in [0.15, 0.2) is 24.3 Å². The number of ether oxygens (including phenoxy) is 2. The van der Waals surface area contributed by atoms with Crippen molar-refractivity contribution < 1.29 is 19.1 Å². The Bertz CT molecular complexity index is 799. The van der Waals surface area contributed by atoms with E-state index in [4.69, 9.17) is 9.47 Å². The van der Waals surface area contributed by atoms with Crippen molar-refractivity contribution in [2.45, 2.75) is 40.7 Å². The summed E-state index contributed by atoms with van der Waals surface area (Å²) in [6.45, 7) is 10.0. The van der Waals surface area contributed by atoms with Crippen LogP contribution in [-0.4, -0.2) is 36.6 Å². The largest absolute Gasteiger partial charge is 0.454 e. The molecule has 1 aromatic heterocycles. The first-order valence-corrected chi connectivity index (χ1v) is 8.70. The highest BCUT2D eigenvalue weighted by Crippen LogP contribution is 2.21. The fourth-order valence-electron chi connectivity index (χ4n) is 3.44. The normalized spacial score (nSPS) is 12.1. The fraction of sp³-hybridized carbons (Fsp3) is 0.429. The molecule has 1 heterocycles. The maximum atomic E-state index is 12.6. The van der Waals surface area contributed by atoms with Gasteiger partial charge in [0.1, 0.15) is 0 Å². The van der Waals surface area contributed by atoms with E-state index in [1.165, 1.54) is 0 Å². The van der Waals surface area contributed by atoms with Gasteiger partial charge < -0.3 is 14.0 Å². The van der Waals surface area contributed by atoms with Crippen LogP contribution in [0.4, 0.5) is 0 Å². The van der Waals surface area contributed by atoms with Crippen molar-refractivity contribution in [1.29, 1.82) is 0 Å². The topological polar surface area (TPSA) is 57.5 Å². The maximum absolute atomic E-state index is 12.6. The molecule has 5 heteroatoms. The lowest BCUT2D eigenvalue weighted by molar-refractivity contribution is 0.0474. The van der Waals surface area contributed by atoms with Gasteiger partial charge in [0.15, 0.2) is 6.61 Å². The number of carbonyl (C=O) groups excluding carboxylic acids is 2. The van der Waals surface area contributed by atoms with E-state index in [-0.39, 0.29) is 18.4 Å². The molecule has 1 aromatic carbocycles. The van der Waals surface area contributed by atoms with E-state index >= 15 is 0 Å². The minimum absolute atomic E-state index is 0.124. The number of ketones is 1. The molecular weight excluding hydrogens is 330 g/mol. The third-order valence-corrected chi connectivity index (χ3v) is 4.43. The Kier molecular flexibility index (Phi) is 6.37. The second kappa shape index (κ2) is 8.32. The molecular formula is C21H27NO4. The minimum atomic E-state index is -0.480. The summed E-state index contributed by atoms with van der Waals surface area (Å²) in [4.78, 5) is 24.8. The van der Waals surface area contributed by atoms with E-state index in [0.29, 0.717) is 17.7 Å². The van der Waals surface area contributed by atoms with Gasteiger partial charge in [0.05, 0.1) is 18.2 Å². The summed E-state index contributed by atoms with van der Waals surface area (Å²) < 4.78 is 12.5. The van der Waals surface area contributed by atoms with E-state index in [1.54, 1.807) is 19.2 Å². The molecule has 0 radical (unpaired) electrons. The van der Waals surface area contributed by atoms with Crippen molar-refractivity contribution in [3.63, 3.8) is 0 Å². The number of aromatic nitrogens is 1. The molecule has 0 unspecified atom stereocenters. The lowest BCUT2D eigenvalue weighted by atomic mass is 10.1. The van der Waals surface area contributed by atoms with Crippen LogP contribution >= 0.6 is 0 Å². The zero-order valence-corrected chi connectivity index (χ0v) is 16.4. The van der Waals surface area contributed by atoms with Gasteiger partial charge in [0, 0.05) is 24.1 Å². The Labute approximate surface area is 154 Å². The van der Waals surface area contributed by atoms with Crippen LogP contribution in [0.5, 0.6) is 0 Å². The van der Waals surface area contributed by atoms with Crippen molar-refractivity contribution in [3.8, 4) is 0 Å². The zero-order chi connectivity index (χ0) is 19.4. The lowest BCUT2D eigenvalue weighted by Crippen LogP contribution is -2.17. The molecule has 2 rings (SSSR count). The van der Waals surface area contributed by atoms with E-state index in [2.05, 4.69) is 4.57 Å². The Morgan fingerprint density at radius 2 is 1.65 bits per heavy atom. The first-order chi connectivity index (χ1) is 12.2. The van der Waals surface area contributed by atoms with Gasteiger partial charge in [-0.3, -0.25) is 4.79 Å². The number of esters is 1. The second-order valence-electron chi connectivity index (χ2n) is 6.83. The zero-order valence-electron chi connectivity index (χ0n) is 16.4. The predicted molar refractivity (Wildman–Crippen MR) is 101 cm³/mol. The van der Waals surface area contributed by atoms with Gasteiger partial charge in [-0.15, -0.1) is 0 Å². The number of nitrogens with zero attached hydrogens (tertiary/aromatic N) is 1. The quantitative estimate of drug-likeness (QED) is 0.556. The van der Waals surface area contributed by atoms with E-state index < -0.39 is 5.97 Å². The molecule has 0 amide bonds. The van der Waals surface area contributed by atoms with Crippen LogP contribution in [0, 0.1) is 27.7 Å². The first-order valence-electron chi connectivity index (χ1n) is 8.70. The molecule has 0 fully saturated rings. The Morgan fingerprint density at radius 3 is 2.23 bits per heavy atom. The van der Waals surface area contributed by atoms with Gasteiger partial charge in [0.25, 0.3) is 0 Å². The number of methoxy groups -OCH3 is 1. The number of hydrogen-bond acceptors (Lipinski definition) is 4. The molecule has 0 saturated heterocycles. The standard InChI is InChI=1S/C21H27NO4/c1-13-7-14(2)9-18(8-13)21(24)26-12-20(23)19-10-15(3)22(17(19)5)16(4)11-25-6/h7-10,16H,11-12H2,1-6H3/t16-/m0/s1. The first kappa shape index (κ1) is 19.9. The van der Waals surface area contributed by atoms with Crippen molar-refractivity contribution in [1.82, 2.24) is 4.57 Å². The van der Waals surface area contributed by atoms with Crippen LogP contribution in [0.25, 0.3) is 0 Å². The summed E-state index contributed by atoms with van der Waals surface area (Å²) >= 11 is 0. The molecule has 26 heavy (non-hydrogen) atoms. The summed E-state index contributed by atoms with van der Waals surface area (Å²) in [5.74, 6) is -0.682. The number of hydrogen-bond donors (Lipinski definition) is 0. The molecule has 0 spiro atoms. The lowest BCUT2D eigenvalue weighted by Gasteiger charge is -2.17. The number of aryl methyl sites for hydroxylation is 3. The predicted octanol–water partition coefficient (Wildman–Crippen LogP) is 3.97. The smallest absolute Gasteiger partial charge is 0.338 e. The minimum Gasteiger partial charge on any atom is -0.454 e. The van der Waals surface area contributed by atoms with Crippen LogP contribution in [0.2, 0.25) is 0 Å². The molecule has 0 N–H and O–H groups in total. The fourth-order valence-corrected chi connectivity index (χ4v) is 3.44. The maximum Gasteiger partial charge on any atom is 0.338 e. The summed E-state index contributed by atoms with van der Waals surface area (Å²) in [7, 11) is 1.66. The summed E-state index contributed by atoms with van der Waals surface area (Å²) in [5.41, 5.74) is 4.86. The second-order valence-corrected chi connectivity index (χ2v) is 6.83. The number of Topliss-reactive ketones (excluding diaryl/α,β-unsaturated/α-hetero) is 1. The highest BCUT2D eigenvalue weighted by Gasteiger charge is 2.20. The van der Waals surface area contributed by atoms with E-state index in [1.807, 2.05) is 46.8 Å². The number of carbonyl (C=O) groups is 2. The van der Waals surface area contributed by atoms with Crippen LogP contribution in [0.1, 0.15) is 56.2 Å². The third-order valence-electron chi connectivity index (χ3n) is 4.43. The molecule has 0 aliphatic carbocycles. The molecule has 0 aliphatic rings. The number of benzene rings is 1. The molecule has 0 saturated carbocycles. The highest BCUT2D eigenvalue weighted by atomic mass is 16.5. The molecule has 140 valence electrons. The van der Waals surface area contributed by atoms with Gasteiger partial charge in [0.2, 0.25) is 5.78 Å². The van der Waals surface area contributed by atoms with Gasteiger partial charge in [-0.1, -0.05) is 17.2 Å². The summed E-state index contributed by atoms with van der Waals surface area (Å²) in [5, 5.41) is 0. The average molecular weight is 357 g/mol. The average Bonchev–Trinajstić information content (AvgIpc) is 2.86. The van der Waals surface area contributed by atoms with Crippen LogP contribution in [0.3, 0.4) is 0 Å². The summed E-state index contributed by atoms with van der Waals surface area (Å²) in [6.07, 6.45) is 0. The van der Waals surface area contributed by atoms with Crippen molar-refractivity contribution in [3.05, 3.63) is 57.9 Å². The highest BCUT2D eigenvalue weighted by molar-refractivity contribution is 6.00. The Balaban J connectivity index is 2.11. The van der Waals surface area contributed by atoms with Gasteiger partial charge >= 0.3 is 5.97 Å². The third kappa shape index (κ3) is 4.41. The van der Waals surface area contributed by atoms with Crippen molar-refractivity contribution in [2.75, 3.05) is 20.3 Å². The molecule has 0 bridgehead atoms.